The molecule has 2 N–H and O–H groups in total. The molecule has 0 aliphatic carbocycles. The van der Waals surface area contributed by atoms with E-state index in [0.29, 0.717) is 29.8 Å². The van der Waals surface area contributed by atoms with Crippen molar-refractivity contribution in [3.8, 4) is 17.4 Å². The summed E-state index contributed by atoms with van der Waals surface area (Å²) in [5.41, 5.74) is 0.910. The molecule has 1 amide bonds. The van der Waals surface area contributed by atoms with Gasteiger partial charge in [0.2, 0.25) is 12.7 Å². The van der Waals surface area contributed by atoms with Crippen LogP contribution >= 0.6 is 22.5 Å². The second-order valence-corrected chi connectivity index (χ2v) is 10.2. The number of imidazole rings is 1. The molecule has 0 spiro atoms. The Kier molecular flexibility index (Phi) is 5.69. The highest BCUT2D eigenvalue weighted by Crippen LogP contribution is 2.46. The predicted octanol–water partition coefficient (Wildman–Crippen LogP) is 3.53. The molecule has 2 aliphatic rings. The topological polar surface area (TPSA) is 103 Å². The zero-order valence-electron chi connectivity index (χ0n) is 17.6. The SMILES string of the molecule is CC(Nc1cc(Cl)nc(-n2ccnc2)n1)(C(=O)NCc1ccc2c(c1)OCO2)[SH]1C=CC=C1. The molecule has 1 unspecified atom stereocenters. The summed E-state index contributed by atoms with van der Waals surface area (Å²) in [6.07, 6.45) is 8.82. The smallest absolute Gasteiger partial charge is 0.255 e. The first-order chi connectivity index (χ1) is 16.0. The van der Waals surface area contributed by atoms with Gasteiger partial charge in [0.15, 0.2) is 16.4 Å². The zero-order valence-corrected chi connectivity index (χ0v) is 19.3. The van der Waals surface area contributed by atoms with Crippen LogP contribution in [0.5, 0.6) is 11.5 Å². The van der Waals surface area contributed by atoms with E-state index in [2.05, 4.69) is 25.6 Å². The van der Waals surface area contributed by atoms with Crippen molar-refractivity contribution in [2.24, 2.45) is 0 Å². The van der Waals surface area contributed by atoms with Crippen LogP contribution in [0.1, 0.15) is 12.5 Å². The number of aromatic nitrogens is 4. The second kappa shape index (κ2) is 8.80. The summed E-state index contributed by atoms with van der Waals surface area (Å²) in [6.45, 7) is 2.41. The minimum absolute atomic E-state index is 0.165. The molecule has 4 heterocycles. The number of nitrogens with one attached hydrogen (secondary N) is 2. The number of anilines is 1. The summed E-state index contributed by atoms with van der Waals surface area (Å²) in [5, 5.41) is 10.7. The van der Waals surface area contributed by atoms with Gasteiger partial charge >= 0.3 is 0 Å². The van der Waals surface area contributed by atoms with Gasteiger partial charge in [0.25, 0.3) is 5.91 Å². The van der Waals surface area contributed by atoms with Crippen LogP contribution in [0.25, 0.3) is 5.95 Å². The molecule has 33 heavy (non-hydrogen) atoms. The van der Waals surface area contributed by atoms with Gasteiger partial charge < -0.3 is 20.1 Å². The van der Waals surface area contributed by atoms with Crippen molar-refractivity contribution in [2.75, 3.05) is 12.1 Å². The van der Waals surface area contributed by atoms with E-state index in [-0.39, 0.29) is 17.9 Å². The number of halogens is 1. The number of thiol groups is 1. The maximum atomic E-state index is 13.5. The molecular weight excluding hydrogens is 464 g/mol. The predicted molar refractivity (Wildman–Crippen MR) is 128 cm³/mol. The van der Waals surface area contributed by atoms with Crippen molar-refractivity contribution in [2.45, 2.75) is 18.3 Å². The van der Waals surface area contributed by atoms with Crippen LogP contribution in [0.4, 0.5) is 5.82 Å². The monoisotopic (exact) mass is 484 g/mol. The average Bonchev–Trinajstić information content (AvgIpc) is 3.58. The molecule has 0 saturated heterocycles. The third-order valence-corrected chi connectivity index (χ3v) is 7.77. The van der Waals surface area contributed by atoms with Crippen LogP contribution in [0.3, 0.4) is 0 Å². The average molecular weight is 485 g/mol. The minimum Gasteiger partial charge on any atom is -0.454 e. The van der Waals surface area contributed by atoms with Crippen molar-refractivity contribution in [1.82, 2.24) is 24.8 Å². The van der Waals surface area contributed by atoms with Gasteiger partial charge in [-0.1, -0.05) is 29.8 Å². The first kappa shape index (κ1) is 21.4. The number of benzene rings is 1. The molecule has 1 aromatic carbocycles. The lowest BCUT2D eigenvalue weighted by molar-refractivity contribution is -0.122. The number of amides is 1. The van der Waals surface area contributed by atoms with Gasteiger partial charge in [0, 0.05) is 25.0 Å². The largest absolute Gasteiger partial charge is 0.454 e. The molecule has 1 atom stereocenters. The van der Waals surface area contributed by atoms with Crippen LogP contribution in [0.15, 0.2) is 66.0 Å². The normalized spacial score (nSPS) is 16.6. The first-order valence-corrected chi connectivity index (χ1v) is 12.0. The van der Waals surface area contributed by atoms with Gasteiger partial charge in [-0.15, -0.1) is 0 Å². The molecule has 9 nitrogen and oxygen atoms in total. The number of ether oxygens (including phenoxy) is 2. The van der Waals surface area contributed by atoms with Gasteiger partial charge in [-0.05, 0) is 35.4 Å². The summed E-state index contributed by atoms with van der Waals surface area (Å²) in [4.78, 5) is 25.3. The van der Waals surface area contributed by atoms with Gasteiger partial charge in [-0.2, -0.15) is 15.9 Å². The van der Waals surface area contributed by atoms with Crippen molar-refractivity contribution in [1.29, 1.82) is 0 Å². The molecule has 2 aliphatic heterocycles. The van der Waals surface area contributed by atoms with E-state index in [0.717, 1.165) is 5.56 Å². The molecule has 0 fully saturated rings. The summed E-state index contributed by atoms with van der Waals surface area (Å²) >= 11 is 6.25. The van der Waals surface area contributed by atoms with Crippen LogP contribution in [-0.4, -0.2) is 37.1 Å². The van der Waals surface area contributed by atoms with Crippen LogP contribution < -0.4 is 20.1 Å². The summed E-state index contributed by atoms with van der Waals surface area (Å²) < 4.78 is 12.4. The number of nitrogens with zero attached hydrogens (tertiary/aromatic N) is 4. The lowest BCUT2D eigenvalue weighted by Gasteiger charge is -2.36. The second-order valence-electron chi connectivity index (χ2n) is 7.50. The van der Waals surface area contributed by atoms with Crippen molar-refractivity contribution >= 4 is 34.2 Å². The fraction of sp³-hybridized carbons (Fsp3) is 0.182. The van der Waals surface area contributed by atoms with Gasteiger partial charge in [0.05, 0.1) is 0 Å². The number of fused-ring (bicyclic) bond motifs is 1. The number of hydrogen-bond donors (Lipinski definition) is 3. The molecule has 170 valence electrons. The lowest BCUT2D eigenvalue weighted by atomic mass is 10.2. The Hall–Kier alpha value is -3.50. The number of carbonyl (C=O) groups excluding carboxylic acids is 1. The quantitative estimate of drug-likeness (QED) is 0.348. The number of hydrogen-bond acceptors (Lipinski definition) is 7. The molecule has 11 heteroatoms. The Morgan fingerprint density at radius 2 is 2.03 bits per heavy atom. The molecule has 2 aromatic heterocycles. The van der Waals surface area contributed by atoms with E-state index in [1.807, 2.05) is 48.1 Å². The molecule has 3 aromatic rings. The number of allylic oxidation sites excluding steroid dienone is 2. The van der Waals surface area contributed by atoms with E-state index < -0.39 is 15.8 Å². The van der Waals surface area contributed by atoms with Gasteiger partial charge in [0.1, 0.15) is 17.3 Å². The van der Waals surface area contributed by atoms with Crippen LogP contribution in [0, 0.1) is 0 Å². The Morgan fingerprint density at radius 1 is 1.21 bits per heavy atom. The minimum atomic E-state index is -0.973. The highest BCUT2D eigenvalue weighted by atomic mass is 35.5. The van der Waals surface area contributed by atoms with E-state index in [1.54, 1.807) is 29.4 Å². The zero-order chi connectivity index (χ0) is 22.8. The van der Waals surface area contributed by atoms with Crippen LogP contribution in [-0.2, 0) is 11.3 Å². The number of rotatable bonds is 7. The summed E-state index contributed by atoms with van der Waals surface area (Å²) in [5.74, 6) is 2.01. The maximum absolute atomic E-state index is 13.5. The summed E-state index contributed by atoms with van der Waals surface area (Å²) in [7, 11) is -0.954. The fourth-order valence-electron chi connectivity index (χ4n) is 3.49. The molecule has 5 rings (SSSR count). The Labute approximate surface area is 197 Å². The van der Waals surface area contributed by atoms with Crippen LogP contribution in [0.2, 0.25) is 5.15 Å². The number of carbonyl (C=O) groups is 1. The van der Waals surface area contributed by atoms with Gasteiger partial charge in [-0.25, -0.2) is 9.97 Å². The van der Waals surface area contributed by atoms with Crippen molar-refractivity contribution < 1.29 is 14.3 Å². The Morgan fingerprint density at radius 3 is 2.82 bits per heavy atom. The Bertz CT molecular complexity index is 1240. The molecule has 0 radical (unpaired) electrons. The van der Waals surface area contributed by atoms with Crippen molar-refractivity contribution in [3.63, 3.8) is 0 Å². The molecular formula is C22H21ClN6O3S. The van der Waals surface area contributed by atoms with Crippen molar-refractivity contribution in [3.05, 3.63) is 76.7 Å². The molecule has 0 saturated carbocycles. The molecule has 0 bridgehead atoms. The summed E-state index contributed by atoms with van der Waals surface area (Å²) in [6, 6.07) is 7.22. The van der Waals surface area contributed by atoms with E-state index in [1.165, 1.54) is 0 Å². The Balaban J connectivity index is 1.38. The highest BCUT2D eigenvalue weighted by Gasteiger charge is 2.38. The fourth-order valence-corrected chi connectivity index (χ4v) is 5.49. The van der Waals surface area contributed by atoms with E-state index in [4.69, 9.17) is 21.1 Å². The van der Waals surface area contributed by atoms with E-state index in [9.17, 15) is 4.79 Å². The van der Waals surface area contributed by atoms with Gasteiger partial charge in [-0.3, -0.25) is 9.36 Å². The maximum Gasteiger partial charge on any atom is 0.255 e. The highest BCUT2D eigenvalue weighted by molar-refractivity contribution is 8.24. The van der Waals surface area contributed by atoms with E-state index >= 15 is 0 Å². The standard InChI is InChI=1S/C22H21ClN6O3S/c1-22(33-8-2-3-9-33,20(30)25-12-15-4-5-16-17(10-15)32-14-31-16)28-19-11-18(23)26-21(27-19)29-7-6-24-13-29/h2-11,13,33H,12,14H2,1H3,(H,25,30)(H,26,27,28). The lowest BCUT2D eigenvalue weighted by Crippen LogP contribution is -2.49. The first-order valence-electron chi connectivity index (χ1n) is 10.1. The third kappa shape index (κ3) is 4.39. The third-order valence-electron chi connectivity index (χ3n) is 5.24.